The average Bonchev–Trinajstić information content (AvgIpc) is 3.12. The van der Waals surface area contributed by atoms with E-state index in [9.17, 15) is 19.3 Å². The van der Waals surface area contributed by atoms with Crippen LogP contribution in [-0.4, -0.2) is 16.6 Å². The number of nitrogens with zero attached hydrogens (tertiary/aromatic N) is 3. The second-order valence-corrected chi connectivity index (χ2v) is 7.26. The van der Waals surface area contributed by atoms with Crippen LogP contribution < -0.4 is 5.32 Å². The topological polar surface area (TPSA) is 88.3 Å². The second kappa shape index (κ2) is 7.62. The van der Waals surface area contributed by atoms with Crippen molar-refractivity contribution in [3.05, 3.63) is 81.2 Å². The molecule has 8 heteroatoms. The second-order valence-electron chi connectivity index (χ2n) is 6.82. The van der Waals surface area contributed by atoms with Gasteiger partial charge >= 0.3 is 0 Å². The van der Waals surface area contributed by atoms with E-state index in [1.54, 1.807) is 42.5 Å². The number of allylic oxidation sites excluding steroid dienone is 3. The number of dihydropyridines is 1. The van der Waals surface area contributed by atoms with Gasteiger partial charge in [0.15, 0.2) is 0 Å². The van der Waals surface area contributed by atoms with Gasteiger partial charge in [-0.3, -0.25) is 5.10 Å². The van der Waals surface area contributed by atoms with Crippen molar-refractivity contribution in [2.24, 2.45) is 0 Å². The molecule has 2 aromatic carbocycles. The van der Waals surface area contributed by atoms with Gasteiger partial charge in [-0.25, -0.2) is 8.78 Å². The number of nitrogens with one attached hydrogen (secondary N) is 2. The minimum atomic E-state index is -2.91. The number of rotatable bonds is 3. The highest BCUT2D eigenvalue weighted by molar-refractivity contribution is 6.30. The van der Waals surface area contributed by atoms with Gasteiger partial charge in [-0.15, -0.1) is 0 Å². The number of alkyl halides is 2. The first kappa shape index (κ1) is 19.6. The highest BCUT2D eigenvalue weighted by Gasteiger charge is 2.35. The van der Waals surface area contributed by atoms with Crippen molar-refractivity contribution in [3.8, 4) is 12.1 Å². The van der Waals surface area contributed by atoms with Gasteiger partial charge in [0.2, 0.25) is 0 Å². The standard InChI is InChI=1S/C22H14ClF2N5/c1-11-15-8-13(4-7-18(15)30-29-11)19-16(9-26)20(12-2-5-14(23)6-3-12)28-21(22(24)25)17(19)10-27/h2-8,19,22,28H,1H3,(H,29,30). The number of hydrogen-bond donors (Lipinski definition) is 2. The Hall–Kier alpha value is -3.68. The van der Waals surface area contributed by atoms with Crippen molar-refractivity contribution < 1.29 is 8.78 Å². The molecule has 2 heterocycles. The summed E-state index contributed by atoms with van der Waals surface area (Å²) in [4.78, 5) is 0. The monoisotopic (exact) mass is 421 g/mol. The molecule has 148 valence electrons. The van der Waals surface area contributed by atoms with E-state index in [1.165, 1.54) is 0 Å². The van der Waals surface area contributed by atoms with Crippen molar-refractivity contribution in [2.45, 2.75) is 19.3 Å². The lowest BCUT2D eigenvalue weighted by molar-refractivity contribution is 0.181. The first-order valence-corrected chi connectivity index (χ1v) is 9.36. The Balaban J connectivity index is 1.99. The number of nitriles is 2. The lowest BCUT2D eigenvalue weighted by Gasteiger charge is -2.29. The van der Waals surface area contributed by atoms with E-state index in [1.807, 2.05) is 13.0 Å². The van der Waals surface area contributed by atoms with E-state index in [4.69, 9.17) is 11.6 Å². The maximum absolute atomic E-state index is 13.9. The van der Waals surface area contributed by atoms with Gasteiger partial charge in [-0.2, -0.15) is 15.6 Å². The molecule has 0 bridgehead atoms. The number of hydrogen-bond acceptors (Lipinski definition) is 4. The van der Waals surface area contributed by atoms with E-state index in [0.29, 0.717) is 16.1 Å². The van der Waals surface area contributed by atoms with Crippen LogP contribution in [0.3, 0.4) is 0 Å². The molecule has 1 atom stereocenters. The van der Waals surface area contributed by atoms with Gasteiger partial charge < -0.3 is 5.32 Å². The molecule has 0 aliphatic carbocycles. The van der Waals surface area contributed by atoms with Crippen LogP contribution in [0.4, 0.5) is 8.78 Å². The lowest BCUT2D eigenvalue weighted by Crippen LogP contribution is -2.29. The van der Waals surface area contributed by atoms with Gasteiger partial charge in [0.25, 0.3) is 6.43 Å². The van der Waals surface area contributed by atoms with Crippen LogP contribution in [0.5, 0.6) is 0 Å². The summed E-state index contributed by atoms with van der Waals surface area (Å²) in [5.74, 6) is -0.936. The van der Waals surface area contributed by atoms with E-state index in [-0.39, 0.29) is 16.8 Å². The number of aromatic nitrogens is 2. The van der Waals surface area contributed by atoms with Crippen LogP contribution in [0.15, 0.2) is 59.3 Å². The van der Waals surface area contributed by atoms with Gasteiger partial charge in [-0.05, 0) is 42.3 Å². The summed E-state index contributed by atoms with van der Waals surface area (Å²) >= 11 is 5.95. The Morgan fingerprint density at radius 1 is 1.07 bits per heavy atom. The van der Waals surface area contributed by atoms with Crippen molar-refractivity contribution in [1.82, 2.24) is 15.5 Å². The first-order valence-electron chi connectivity index (χ1n) is 8.98. The Labute approximate surface area is 175 Å². The van der Waals surface area contributed by atoms with E-state index in [0.717, 1.165) is 16.6 Å². The van der Waals surface area contributed by atoms with Gasteiger partial charge in [0.05, 0.1) is 51.8 Å². The highest BCUT2D eigenvalue weighted by Crippen LogP contribution is 2.42. The zero-order chi connectivity index (χ0) is 21.4. The van der Waals surface area contributed by atoms with Gasteiger partial charge in [0.1, 0.15) is 0 Å². The summed E-state index contributed by atoms with van der Waals surface area (Å²) < 4.78 is 27.8. The molecule has 2 N–H and O–H groups in total. The predicted molar refractivity (Wildman–Crippen MR) is 109 cm³/mol. The minimum absolute atomic E-state index is 0.179. The largest absolute Gasteiger partial charge is 0.352 e. The molecule has 3 aromatic rings. The molecule has 5 nitrogen and oxygen atoms in total. The smallest absolute Gasteiger partial charge is 0.279 e. The normalized spacial score (nSPS) is 16.6. The van der Waals surface area contributed by atoms with E-state index >= 15 is 0 Å². The zero-order valence-electron chi connectivity index (χ0n) is 15.7. The quantitative estimate of drug-likeness (QED) is 0.609. The van der Waals surface area contributed by atoms with Crippen molar-refractivity contribution in [2.75, 3.05) is 0 Å². The number of H-pyrrole nitrogens is 1. The summed E-state index contributed by atoms with van der Waals surface area (Å²) in [6.07, 6.45) is -2.91. The third-order valence-corrected chi connectivity index (χ3v) is 5.35. The Morgan fingerprint density at radius 2 is 1.77 bits per heavy atom. The van der Waals surface area contributed by atoms with Crippen molar-refractivity contribution >= 4 is 28.2 Å². The molecule has 0 spiro atoms. The SMILES string of the molecule is Cc1n[nH]c2ccc(C3C(C#N)=C(c4ccc(Cl)cc4)NC(C(F)F)=C3C#N)cc12. The molecule has 0 fully saturated rings. The Kier molecular flexibility index (Phi) is 4.99. The van der Waals surface area contributed by atoms with Crippen LogP contribution in [-0.2, 0) is 0 Å². The third-order valence-electron chi connectivity index (χ3n) is 5.10. The molecule has 1 aliphatic heterocycles. The number of aromatic amines is 1. The summed E-state index contributed by atoms with van der Waals surface area (Å²) in [6, 6.07) is 15.8. The highest BCUT2D eigenvalue weighted by atomic mass is 35.5. The van der Waals surface area contributed by atoms with Crippen molar-refractivity contribution in [1.29, 1.82) is 10.5 Å². The molecule has 4 rings (SSSR count). The van der Waals surface area contributed by atoms with Crippen LogP contribution in [0.2, 0.25) is 5.02 Å². The van der Waals surface area contributed by atoms with Crippen molar-refractivity contribution in [3.63, 3.8) is 0 Å². The van der Waals surface area contributed by atoms with E-state index < -0.39 is 18.0 Å². The third kappa shape index (κ3) is 3.20. The molecular formula is C22H14ClF2N5. The molecule has 0 saturated carbocycles. The lowest BCUT2D eigenvalue weighted by atomic mass is 9.80. The van der Waals surface area contributed by atoms with Gasteiger partial charge in [0, 0.05) is 10.4 Å². The molecule has 0 radical (unpaired) electrons. The Morgan fingerprint density at radius 3 is 2.40 bits per heavy atom. The summed E-state index contributed by atoms with van der Waals surface area (Å²) in [5, 5.41) is 30.6. The fourth-order valence-electron chi connectivity index (χ4n) is 3.65. The molecule has 30 heavy (non-hydrogen) atoms. The molecule has 0 saturated heterocycles. The number of fused-ring (bicyclic) bond motifs is 1. The molecule has 1 aromatic heterocycles. The van der Waals surface area contributed by atoms with E-state index in [2.05, 4.69) is 21.6 Å². The number of aryl methyl sites for hydroxylation is 1. The number of benzene rings is 2. The molecule has 1 unspecified atom stereocenters. The maximum atomic E-state index is 13.9. The average molecular weight is 422 g/mol. The predicted octanol–water partition coefficient (Wildman–Crippen LogP) is 5.19. The number of halogens is 3. The Bertz CT molecular complexity index is 1290. The summed E-state index contributed by atoms with van der Waals surface area (Å²) in [7, 11) is 0. The summed E-state index contributed by atoms with van der Waals surface area (Å²) in [6.45, 7) is 1.82. The molecule has 0 amide bonds. The summed E-state index contributed by atoms with van der Waals surface area (Å²) in [5.41, 5.74) is 2.33. The molecular weight excluding hydrogens is 408 g/mol. The minimum Gasteiger partial charge on any atom is -0.352 e. The fraction of sp³-hybridized carbons (Fsp3) is 0.136. The molecule has 1 aliphatic rings. The maximum Gasteiger partial charge on any atom is 0.279 e. The van der Waals surface area contributed by atoms with Crippen LogP contribution in [0.25, 0.3) is 16.6 Å². The first-order chi connectivity index (χ1) is 14.4. The van der Waals surface area contributed by atoms with Gasteiger partial charge in [-0.1, -0.05) is 29.8 Å². The zero-order valence-corrected chi connectivity index (χ0v) is 16.4. The van der Waals surface area contributed by atoms with Crippen LogP contribution >= 0.6 is 11.6 Å². The van der Waals surface area contributed by atoms with Crippen LogP contribution in [0.1, 0.15) is 22.7 Å². The van der Waals surface area contributed by atoms with Crippen LogP contribution in [0, 0.1) is 29.6 Å². The fourth-order valence-corrected chi connectivity index (χ4v) is 3.78.